The molecule has 2 aromatic carbocycles. The van der Waals surface area contributed by atoms with E-state index in [1.54, 1.807) is 12.1 Å². The molecule has 1 N–H and O–H groups in total. The molecule has 4 rings (SSSR count). The van der Waals surface area contributed by atoms with Gasteiger partial charge in [-0.2, -0.15) is 4.31 Å². The highest BCUT2D eigenvalue weighted by Crippen LogP contribution is 2.21. The fraction of sp³-hybridized carbons (Fsp3) is 0.435. The second kappa shape index (κ2) is 9.48. The lowest BCUT2D eigenvalue weighted by atomic mass is 9.99. The fourth-order valence-electron chi connectivity index (χ4n) is 4.10. The Labute approximate surface area is 184 Å². The summed E-state index contributed by atoms with van der Waals surface area (Å²) in [5, 5.41) is 2.97. The molecular weight excluding hydrogens is 414 g/mol. The van der Waals surface area contributed by atoms with Crippen molar-refractivity contribution in [1.29, 1.82) is 0 Å². The first-order chi connectivity index (χ1) is 14.9. The number of benzene rings is 2. The standard InChI is InChI=1S/C23H29N3O4S/c1-18(25-10-9-19-5-2-3-6-21(19)17-25)16-24-23(27)20-7-4-8-22(15-20)31(28,29)26-11-13-30-14-12-26/h2-8,15,18H,9-14,16-17H2,1H3,(H,24,27). The van der Waals surface area contributed by atoms with Gasteiger partial charge in [0, 0.05) is 44.3 Å². The first-order valence-electron chi connectivity index (χ1n) is 10.7. The fourth-order valence-corrected chi connectivity index (χ4v) is 5.55. The van der Waals surface area contributed by atoms with Crippen molar-refractivity contribution in [2.75, 3.05) is 39.4 Å². The molecule has 2 aromatic rings. The molecule has 0 saturated carbocycles. The van der Waals surface area contributed by atoms with Crippen molar-refractivity contribution >= 4 is 15.9 Å². The zero-order valence-electron chi connectivity index (χ0n) is 17.8. The van der Waals surface area contributed by atoms with Gasteiger partial charge in [0.25, 0.3) is 5.91 Å². The highest BCUT2D eigenvalue weighted by Gasteiger charge is 2.27. The molecular formula is C23H29N3O4S. The predicted molar refractivity (Wildman–Crippen MR) is 118 cm³/mol. The minimum Gasteiger partial charge on any atom is -0.379 e. The topological polar surface area (TPSA) is 79.0 Å². The summed E-state index contributed by atoms with van der Waals surface area (Å²) in [6.07, 6.45) is 1.01. The SMILES string of the molecule is CC(CNC(=O)c1cccc(S(=O)(=O)N2CCOCC2)c1)N1CCc2ccccc2C1. The quantitative estimate of drug-likeness (QED) is 0.738. The van der Waals surface area contributed by atoms with Crippen LogP contribution < -0.4 is 5.32 Å². The molecule has 0 aliphatic carbocycles. The Morgan fingerprint density at radius 3 is 2.58 bits per heavy atom. The van der Waals surface area contributed by atoms with Crippen LogP contribution in [0.15, 0.2) is 53.4 Å². The van der Waals surface area contributed by atoms with Gasteiger partial charge in [0.2, 0.25) is 10.0 Å². The van der Waals surface area contributed by atoms with E-state index in [-0.39, 0.29) is 16.8 Å². The molecule has 8 heteroatoms. The Morgan fingerprint density at radius 2 is 1.81 bits per heavy atom. The zero-order chi connectivity index (χ0) is 21.8. The van der Waals surface area contributed by atoms with Crippen LogP contribution >= 0.6 is 0 Å². The maximum atomic E-state index is 12.9. The number of fused-ring (bicyclic) bond motifs is 1. The molecule has 31 heavy (non-hydrogen) atoms. The number of hydrogen-bond acceptors (Lipinski definition) is 5. The van der Waals surface area contributed by atoms with Crippen LogP contribution in [0.3, 0.4) is 0 Å². The molecule has 1 saturated heterocycles. The molecule has 166 valence electrons. The lowest BCUT2D eigenvalue weighted by Crippen LogP contribution is -2.44. The first-order valence-corrected chi connectivity index (χ1v) is 12.2. The van der Waals surface area contributed by atoms with Gasteiger partial charge in [-0.15, -0.1) is 0 Å². The van der Waals surface area contributed by atoms with Gasteiger partial charge in [0.1, 0.15) is 0 Å². The number of nitrogens with zero attached hydrogens (tertiary/aromatic N) is 2. The summed E-state index contributed by atoms with van der Waals surface area (Å²) >= 11 is 0. The number of ether oxygens (including phenoxy) is 1. The van der Waals surface area contributed by atoms with Gasteiger partial charge >= 0.3 is 0 Å². The first kappa shape index (κ1) is 22.0. The van der Waals surface area contributed by atoms with E-state index in [9.17, 15) is 13.2 Å². The molecule has 0 bridgehead atoms. The zero-order valence-corrected chi connectivity index (χ0v) is 18.6. The summed E-state index contributed by atoms with van der Waals surface area (Å²) in [7, 11) is -3.63. The van der Waals surface area contributed by atoms with Gasteiger partial charge in [-0.25, -0.2) is 8.42 Å². The number of morpholine rings is 1. The van der Waals surface area contributed by atoms with E-state index < -0.39 is 10.0 Å². The Bertz CT molecular complexity index is 1030. The minimum absolute atomic E-state index is 0.141. The monoisotopic (exact) mass is 443 g/mol. The number of carbonyl (C=O) groups excluding carboxylic acids is 1. The summed E-state index contributed by atoms with van der Waals surface area (Å²) in [4.78, 5) is 15.2. The van der Waals surface area contributed by atoms with Crippen molar-refractivity contribution in [3.8, 4) is 0 Å². The molecule has 0 radical (unpaired) electrons. The van der Waals surface area contributed by atoms with Crippen molar-refractivity contribution < 1.29 is 17.9 Å². The van der Waals surface area contributed by atoms with Crippen LogP contribution in [0.1, 0.15) is 28.4 Å². The van der Waals surface area contributed by atoms with E-state index in [1.807, 2.05) is 0 Å². The van der Waals surface area contributed by atoms with Gasteiger partial charge in [-0.3, -0.25) is 9.69 Å². The summed E-state index contributed by atoms with van der Waals surface area (Å²) < 4.78 is 32.4. The molecule has 0 aromatic heterocycles. The molecule has 2 heterocycles. The summed E-state index contributed by atoms with van der Waals surface area (Å²) in [5.74, 6) is -0.261. The van der Waals surface area contributed by atoms with Gasteiger partial charge in [0.15, 0.2) is 0 Å². The van der Waals surface area contributed by atoms with Crippen LogP contribution in [0.2, 0.25) is 0 Å². The summed E-state index contributed by atoms with van der Waals surface area (Å²) in [6, 6.07) is 14.9. The lowest BCUT2D eigenvalue weighted by molar-refractivity contribution is 0.0730. The second-order valence-electron chi connectivity index (χ2n) is 8.09. The van der Waals surface area contributed by atoms with E-state index in [0.717, 1.165) is 19.5 Å². The van der Waals surface area contributed by atoms with Crippen molar-refractivity contribution in [3.63, 3.8) is 0 Å². The van der Waals surface area contributed by atoms with Gasteiger partial charge < -0.3 is 10.1 Å². The van der Waals surface area contributed by atoms with Crippen molar-refractivity contribution in [3.05, 3.63) is 65.2 Å². The van der Waals surface area contributed by atoms with Crippen molar-refractivity contribution in [2.45, 2.75) is 30.8 Å². The van der Waals surface area contributed by atoms with E-state index in [2.05, 4.69) is 41.4 Å². The van der Waals surface area contributed by atoms with Crippen molar-refractivity contribution in [1.82, 2.24) is 14.5 Å². The van der Waals surface area contributed by atoms with Crippen LogP contribution in [-0.4, -0.2) is 69.0 Å². The van der Waals surface area contributed by atoms with Crippen LogP contribution in [-0.2, 0) is 27.7 Å². The van der Waals surface area contributed by atoms with E-state index in [1.165, 1.54) is 27.6 Å². The van der Waals surface area contributed by atoms with E-state index in [0.29, 0.717) is 38.4 Å². The highest BCUT2D eigenvalue weighted by molar-refractivity contribution is 7.89. The van der Waals surface area contributed by atoms with Gasteiger partial charge in [-0.1, -0.05) is 30.3 Å². The Balaban J connectivity index is 1.37. The minimum atomic E-state index is -3.63. The Morgan fingerprint density at radius 1 is 1.06 bits per heavy atom. The molecule has 1 amide bonds. The van der Waals surface area contributed by atoms with E-state index >= 15 is 0 Å². The third kappa shape index (κ3) is 4.98. The molecule has 0 spiro atoms. The van der Waals surface area contributed by atoms with Gasteiger partial charge in [-0.05, 0) is 42.7 Å². The van der Waals surface area contributed by atoms with Crippen LogP contribution in [0.25, 0.3) is 0 Å². The average Bonchev–Trinajstić information content (AvgIpc) is 2.82. The smallest absolute Gasteiger partial charge is 0.251 e. The number of carbonyl (C=O) groups is 1. The van der Waals surface area contributed by atoms with E-state index in [4.69, 9.17) is 4.74 Å². The third-order valence-corrected chi connectivity index (χ3v) is 7.94. The number of amides is 1. The molecule has 2 aliphatic heterocycles. The van der Waals surface area contributed by atoms with Crippen LogP contribution in [0.5, 0.6) is 0 Å². The number of nitrogens with one attached hydrogen (secondary N) is 1. The second-order valence-corrected chi connectivity index (χ2v) is 10.0. The molecule has 7 nitrogen and oxygen atoms in total. The normalized spacial score (nSPS) is 18.9. The van der Waals surface area contributed by atoms with Gasteiger partial charge in [0.05, 0.1) is 18.1 Å². The number of rotatable bonds is 6. The van der Waals surface area contributed by atoms with Crippen LogP contribution in [0.4, 0.5) is 0 Å². The number of hydrogen-bond donors (Lipinski definition) is 1. The average molecular weight is 444 g/mol. The Kier molecular flexibility index (Phi) is 6.71. The molecule has 2 aliphatic rings. The highest BCUT2D eigenvalue weighted by atomic mass is 32.2. The predicted octanol–water partition coefficient (Wildman–Crippen LogP) is 1.88. The molecule has 1 unspecified atom stereocenters. The summed E-state index contributed by atoms with van der Waals surface area (Å²) in [5.41, 5.74) is 3.09. The Hall–Kier alpha value is -2.26. The largest absolute Gasteiger partial charge is 0.379 e. The lowest BCUT2D eigenvalue weighted by Gasteiger charge is -2.33. The van der Waals surface area contributed by atoms with Crippen LogP contribution in [0, 0.1) is 0 Å². The number of sulfonamides is 1. The maximum absolute atomic E-state index is 12.9. The van der Waals surface area contributed by atoms with Crippen molar-refractivity contribution in [2.24, 2.45) is 0 Å². The third-order valence-electron chi connectivity index (χ3n) is 6.05. The summed E-state index contributed by atoms with van der Waals surface area (Å²) in [6.45, 7) is 5.87. The molecule has 1 atom stereocenters. The molecule has 1 fully saturated rings. The maximum Gasteiger partial charge on any atom is 0.251 e.